The minimum atomic E-state index is -1.52. The highest BCUT2D eigenvalue weighted by molar-refractivity contribution is 6.58. The zero-order chi connectivity index (χ0) is 23.7. The highest BCUT2D eigenvalue weighted by Gasteiger charge is 2.19. The molecule has 8 nitrogen and oxygen atoms in total. The molecule has 4 rings (SSSR count). The average Bonchev–Trinajstić information content (AvgIpc) is 3.13. The van der Waals surface area contributed by atoms with E-state index in [0.717, 1.165) is 27.9 Å². The Morgan fingerprint density at radius 1 is 1.15 bits per heavy atom. The molecule has 0 radical (unpaired) electrons. The van der Waals surface area contributed by atoms with Crippen LogP contribution in [0.15, 0.2) is 48.5 Å². The maximum atomic E-state index is 11.9. The molecule has 2 heterocycles. The van der Waals surface area contributed by atoms with Gasteiger partial charge < -0.3 is 26.1 Å². The number of carbonyl (C=O) groups excluding carboxylic acids is 1. The van der Waals surface area contributed by atoms with Crippen LogP contribution in [-0.4, -0.2) is 38.0 Å². The number of primary amides is 1. The van der Waals surface area contributed by atoms with Gasteiger partial charge in [0.2, 0.25) is 0 Å². The molecule has 2 aromatic carbocycles. The number of anilines is 1. The lowest BCUT2D eigenvalue weighted by Gasteiger charge is -2.13. The van der Waals surface area contributed by atoms with Crippen LogP contribution in [0, 0.1) is 6.92 Å². The van der Waals surface area contributed by atoms with Gasteiger partial charge in [-0.25, -0.2) is 9.97 Å². The fourth-order valence-corrected chi connectivity index (χ4v) is 3.86. The number of carbonyl (C=O) groups is 1. The lowest BCUT2D eigenvalue weighted by molar-refractivity contribution is 0.100. The highest BCUT2D eigenvalue weighted by atomic mass is 16.4. The van der Waals surface area contributed by atoms with Crippen molar-refractivity contribution in [3.63, 3.8) is 0 Å². The monoisotopic (exact) mass is 443 g/mol. The van der Waals surface area contributed by atoms with Gasteiger partial charge in [0.1, 0.15) is 5.82 Å². The van der Waals surface area contributed by atoms with Crippen LogP contribution in [0.3, 0.4) is 0 Å². The molecule has 2 aromatic heterocycles. The van der Waals surface area contributed by atoms with E-state index < -0.39 is 13.0 Å². The Balaban J connectivity index is 1.75. The SMILES string of the molecule is Cc1[nH]c2c(C(N)=O)cccc2c1-c1nc(NCc2cccc(B(O)O)c2)cc(C(C)C)n1. The Kier molecular flexibility index (Phi) is 6.17. The lowest BCUT2D eigenvalue weighted by Crippen LogP contribution is -2.30. The molecule has 0 spiro atoms. The van der Waals surface area contributed by atoms with Gasteiger partial charge in [0.05, 0.1) is 11.1 Å². The number of rotatable bonds is 7. The zero-order valence-electron chi connectivity index (χ0n) is 18.8. The van der Waals surface area contributed by atoms with Crippen molar-refractivity contribution in [1.29, 1.82) is 0 Å². The summed E-state index contributed by atoms with van der Waals surface area (Å²) in [6, 6.07) is 14.4. The summed E-state index contributed by atoms with van der Waals surface area (Å²) in [6.07, 6.45) is 0. The van der Waals surface area contributed by atoms with Crippen molar-refractivity contribution in [3.8, 4) is 11.4 Å². The molecule has 6 N–H and O–H groups in total. The number of amides is 1. The summed E-state index contributed by atoms with van der Waals surface area (Å²) in [5.74, 6) is 0.877. The summed E-state index contributed by atoms with van der Waals surface area (Å²) in [7, 11) is -1.52. The number of nitrogens with zero attached hydrogens (tertiary/aromatic N) is 2. The van der Waals surface area contributed by atoms with Gasteiger partial charge in [-0.1, -0.05) is 50.2 Å². The topological polar surface area (TPSA) is 137 Å². The average molecular weight is 443 g/mol. The third-order valence-electron chi connectivity index (χ3n) is 5.57. The predicted molar refractivity (Wildman–Crippen MR) is 130 cm³/mol. The van der Waals surface area contributed by atoms with Crippen LogP contribution in [0.5, 0.6) is 0 Å². The van der Waals surface area contributed by atoms with Gasteiger partial charge in [0, 0.05) is 34.9 Å². The van der Waals surface area contributed by atoms with Crippen molar-refractivity contribution in [2.75, 3.05) is 5.32 Å². The van der Waals surface area contributed by atoms with E-state index in [0.29, 0.717) is 34.7 Å². The van der Waals surface area contributed by atoms with Gasteiger partial charge in [-0.05, 0) is 29.9 Å². The summed E-state index contributed by atoms with van der Waals surface area (Å²) >= 11 is 0. The first-order valence-electron chi connectivity index (χ1n) is 10.7. The molecule has 4 aromatic rings. The molecule has 0 aliphatic rings. The number of hydrogen-bond donors (Lipinski definition) is 5. The first kappa shape index (κ1) is 22.5. The standard InChI is InChI=1S/C24H26BN5O3/c1-13(2)19-11-20(27-12-15-6-4-7-16(10-15)25(32)33)30-24(29-19)21-14(3)28-22-17(21)8-5-9-18(22)23(26)31/h4-11,13,28,32-33H,12H2,1-3H3,(H2,26,31)(H,27,29,30). The van der Waals surface area contributed by atoms with E-state index in [1.165, 1.54) is 0 Å². The number of H-pyrrole nitrogens is 1. The van der Waals surface area contributed by atoms with Crippen LogP contribution in [0.2, 0.25) is 0 Å². The second-order valence-corrected chi connectivity index (χ2v) is 8.35. The molecule has 9 heteroatoms. The van der Waals surface area contributed by atoms with Gasteiger partial charge in [-0.3, -0.25) is 4.79 Å². The van der Waals surface area contributed by atoms with Crippen molar-refractivity contribution in [2.45, 2.75) is 33.2 Å². The van der Waals surface area contributed by atoms with Gasteiger partial charge in [-0.15, -0.1) is 0 Å². The Bertz CT molecular complexity index is 1330. The molecular weight excluding hydrogens is 417 g/mol. The second-order valence-electron chi connectivity index (χ2n) is 8.35. The van der Waals surface area contributed by atoms with Crippen LogP contribution in [-0.2, 0) is 6.54 Å². The third kappa shape index (κ3) is 4.60. The molecule has 0 saturated heterocycles. The molecule has 33 heavy (non-hydrogen) atoms. The molecule has 0 unspecified atom stereocenters. The van der Waals surface area contributed by atoms with Crippen LogP contribution >= 0.6 is 0 Å². The van der Waals surface area contributed by atoms with E-state index in [9.17, 15) is 14.8 Å². The first-order chi connectivity index (χ1) is 15.7. The van der Waals surface area contributed by atoms with Crippen molar-refractivity contribution in [2.24, 2.45) is 5.73 Å². The lowest BCUT2D eigenvalue weighted by atomic mass is 9.80. The van der Waals surface area contributed by atoms with E-state index in [-0.39, 0.29) is 5.92 Å². The number of nitrogens with two attached hydrogens (primary N) is 1. The summed E-state index contributed by atoms with van der Waals surface area (Å²) in [5, 5.41) is 23.0. The number of benzene rings is 2. The molecule has 0 atom stereocenters. The normalized spacial score (nSPS) is 11.2. The fourth-order valence-electron chi connectivity index (χ4n) is 3.86. The van der Waals surface area contributed by atoms with Crippen LogP contribution < -0.4 is 16.5 Å². The van der Waals surface area contributed by atoms with E-state index in [1.807, 2.05) is 25.1 Å². The van der Waals surface area contributed by atoms with E-state index in [4.69, 9.17) is 15.7 Å². The number of hydrogen-bond acceptors (Lipinski definition) is 6. The smallest absolute Gasteiger partial charge is 0.423 e. The van der Waals surface area contributed by atoms with Crippen molar-refractivity contribution < 1.29 is 14.8 Å². The molecule has 0 fully saturated rings. The fraction of sp³-hybridized carbons (Fsp3) is 0.208. The van der Waals surface area contributed by atoms with Crippen molar-refractivity contribution in [1.82, 2.24) is 15.0 Å². The van der Waals surface area contributed by atoms with Crippen LogP contribution in [0.1, 0.15) is 47.1 Å². The second kappa shape index (κ2) is 9.05. The number of aryl methyl sites for hydroxylation is 1. The maximum absolute atomic E-state index is 11.9. The molecule has 0 aliphatic carbocycles. The van der Waals surface area contributed by atoms with Gasteiger partial charge >= 0.3 is 7.12 Å². The van der Waals surface area contributed by atoms with E-state index in [1.54, 1.807) is 30.3 Å². The molecule has 0 saturated carbocycles. The molecule has 1 amide bonds. The molecule has 168 valence electrons. The molecule has 0 aliphatic heterocycles. The Morgan fingerprint density at radius 3 is 2.61 bits per heavy atom. The number of para-hydroxylation sites is 1. The number of nitrogens with one attached hydrogen (secondary N) is 2. The number of aromatic nitrogens is 3. The van der Waals surface area contributed by atoms with Crippen molar-refractivity contribution >= 4 is 35.2 Å². The Hall–Kier alpha value is -3.69. The van der Waals surface area contributed by atoms with E-state index >= 15 is 0 Å². The van der Waals surface area contributed by atoms with Gasteiger partial charge in [0.25, 0.3) is 5.91 Å². The van der Waals surface area contributed by atoms with Gasteiger partial charge in [-0.2, -0.15) is 0 Å². The zero-order valence-corrected chi connectivity index (χ0v) is 18.8. The largest absolute Gasteiger partial charge is 0.488 e. The Labute approximate surface area is 192 Å². The molecule has 0 bridgehead atoms. The van der Waals surface area contributed by atoms with E-state index in [2.05, 4.69) is 24.1 Å². The highest BCUT2D eigenvalue weighted by Crippen LogP contribution is 2.33. The van der Waals surface area contributed by atoms with Crippen molar-refractivity contribution in [3.05, 3.63) is 71.0 Å². The van der Waals surface area contributed by atoms with Crippen LogP contribution in [0.4, 0.5) is 5.82 Å². The third-order valence-corrected chi connectivity index (χ3v) is 5.57. The number of aromatic amines is 1. The summed E-state index contributed by atoms with van der Waals surface area (Å²) in [4.78, 5) is 24.7. The minimum Gasteiger partial charge on any atom is -0.423 e. The molecular formula is C24H26BN5O3. The summed E-state index contributed by atoms with van der Waals surface area (Å²) in [6.45, 7) is 6.50. The number of fused-ring (bicyclic) bond motifs is 1. The Morgan fingerprint density at radius 2 is 1.91 bits per heavy atom. The predicted octanol–water partition coefficient (Wildman–Crippen LogP) is 2.45. The summed E-state index contributed by atoms with van der Waals surface area (Å²) in [5.41, 5.74) is 10.5. The maximum Gasteiger partial charge on any atom is 0.488 e. The van der Waals surface area contributed by atoms with Crippen LogP contribution in [0.25, 0.3) is 22.3 Å². The summed E-state index contributed by atoms with van der Waals surface area (Å²) < 4.78 is 0. The first-order valence-corrected chi connectivity index (χ1v) is 10.7. The quantitative estimate of drug-likeness (QED) is 0.278. The minimum absolute atomic E-state index is 0.173. The van der Waals surface area contributed by atoms with Gasteiger partial charge in [0.15, 0.2) is 5.82 Å².